The van der Waals surface area contributed by atoms with Gasteiger partial charge in [0.25, 0.3) is 5.91 Å². The molecule has 2 aromatic heterocycles. The minimum atomic E-state index is -0.645. The van der Waals surface area contributed by atoms with Gasteiger partial charge in [-0.05, 0) is 18.4 Å². The quantitative estimate of drug-likeness (QED) is 0.575. The Kier molecular flexibility index (Phi) is 5.37. The molecule has 3 aromatic rings. The Morgan fingerprint density at radius 2 is 2.00 bits per heavy atom. The molecule has 4 rings (SSSR count). The highest BCUT2D eigenvalue weighted by molar-refractivity contribution is 5.95. The fourth-order valence-corrected chi connectivity index (χ4v) is 3.62. The second-order valence-electron chi connectivity index (χ2n) is 7.26. The van der Waals surface area contributed by atoms with Gasteiger partial charge in [-0.1, -0.05) is 40.7 Å². The molecule has 29 heavy (non-hydrogen) atoms. The largest absolute Gasteiger partial charge is 0.364 e. The summed E-state index contributed by atoms with van der Waals surface area (Å²) < 4.78 is 6.49. The Bertz CT molecular complexity index is 934. The molecule has 0 spiro atoms. The summed E-state index contributed by atoms with van der Waals surface area (Å²) in [5.74, 6) is -0.259. The molecular weight excluding hydrogens is 372 g/mol. The highest BCUT2D eigenvalue weighted by Crippen LogP contribution is 2.35. The Morgan fingerprint density at radius 1 is 1.17 bits per heavy atom. The molecule has 9 nitrogen and oxygen atoms in total. The van der Waals surface area contributed by atoms with Gasteiger partial charge >= 0.3 is 0 Å². The van der Waals surface area contributed by atoms with E-state index in [0.29, 0.717) is 32.6 Å². The first-order valence-corrected chi connectivity index (χ1v) is 9.52. The zero-order chi connectivity index (χ0) is 20.1. The van der Waals surface area contributed by atoms with Crippen molar-refractivity contribution in [3.63, 3.8) is 0 Å². The Hall–Kier alpha value is -3.49. The summed E-state index contributed by atoms with van der Waals surface area (Å²) in [5, 5.41) is 14.4. The zero-order valence-corrected chi connectivity index (χ0v) is 15.9. The van der Waals surface area contributed by atoms with E-state index in [4.69, 9.17) is 4.52 Å². The number of aromatic nitrogens is 4. The number of hydrogen-bond acceptors (Lipinski definition) is 6. The van der Waals surface area contributed by atoms with E-state index in [9.17, 15) is 9.59 Å². The first-order chi connectivity index (χ1) is 14.2. The van der Waals surface area contributed by atoms with Crippen molar-refractivity contribution in [2.45, 2.75) is 19.4 Å². The van der Waals surface area contributed by atoms with Gasteiger partial charge in [-0.2, -0.15) is 0 Å². The van der Waals surface area contributed by atoms with Gasteiger partial charge in [-0.3, -0.25) is 14.3 Å². The molecule has 0 aliphatic carbocycles. The number of likely N-dealkylation sites (tertiary alicyclic amines) is 1. The summed E-state index contributed by atoms with van der Waals surface area (Å²) in [4.78, 5) is 27.2. The average molecular weight is 394 g/mol. The van der Waals surface area contributed by atoms with Crippen molar-refractivity contribution < 1.29 is 14.1 Å². The van der Waals surface area contributed by atoms with Crippen molar-refractivity contribution in [3.05, 3.63) is 66.3 Å². The molecule has 0 bridgehead atoms. The van der Waals surface area contributed by atoms with E-state index in [0.717, 1.165) is 12.0 Å². The van der Waals surface area contributed by atoms with Crippen molar-refractivity contribution >= 4 is 11.8 Å². The zero-order valence-electron chi connectivity index (χ0n) is 15.9. The number of carbonyl (C=O) groups excluding carboxylic acids is 2. The van der Waals surface area contributed by atoms with Crippen LogP contribution in [-0.4, -0.2) is 56.5 Å². The molecule has 9 heteroatoms. The number of nitrogens with zero attached hydrogens (tertiary/aromatic N) is 5. The predicted molar refractivity (Wildman–Crippen MR) is 103 cm³/mol. The van der Waals surface area contributed by atoms with Crippen LogP contribution in [-0.2, 0) is 17.8 Å². The molecule has 1 aliphatic heterocycles. The van der Waals surface area contributed by atoms with E-state index in [1.807, 2.05) is 30.3 Å². The highest BCUT2D eigenvalue weighted by atomic mass is 16.5. The molecule has 0 radical (unpaired) electrons. The van der Waals surface area contributed by atoms with Crippen molar-refractivity contribution in [1.82, 2.24) is 30.4 Å². The van der Waals surface area contributed by atoms with Crippen molar-refractivity contribution in [2.75, 3.05) is 19.6 Å². The molecule has 1 N–H and O–H groups in total. The van der Waals surface area contributed by atoms with Crippen molar-refractivity contribution in [1.29, 1.82) is 0 Å². The molecule has 0 saturated carbocycles. The molecule has 1 aromatic carbocycles. The third kappa shape index (κ3) is 4.18. The third-order valence-corrected chi connectivity index (χ3v) is 5.12. The number of aryl methyl sites for hydroxylation is 1. The second kappa shape index (κ2) is 8.26. The minimum Gasteiger partial charge on any atom is -0.364 e. The minimum absolute atomic E-state index is 0.0378. The molecule has 1 saturated heterocycles. The van der Waals surface area contributed by atoms with Crippen LogP contribution in [0.15, 0.2) is 59.6 Å². The van der Waals surface area contributed by atoms with Crippen LogP contribution in [0.25, 0.3) is 0 Å². The Labute approximate surface area is 167 Å². The van der Waals surface area contributed by atoms with E-state index >= 15 is 0 Å². The van der Waals surface area contributed by atoms with Gasteiger partial charge in [0.2, 0.25) is 5.91 Å². The summed E-state index contributed by atoms with van der Waals surface area (Å²) in [7, 11) is 0. The first-order valence-electron chi connectivity index (χ1n) is 9.52. The van der Waals surface area contributed by atoms with Gasteiger partial charge in [-0.25, -0.2) is 0 Å². The molecule has 1 aliphatic rings. The summed E-state index contributed by atoms with van der Waals surface area (Å²) in [6.07, 6.45) is 6.11. The molecule has 0 unspecified atom stereocenters. The molecule has 2 amide bonds. The lowest BCUT2D eigenvalue weighted by atomic mass is 9.73. The number of carbonyl (C=O) groups is 2. The lowest BCUT2D eigenvalue weighted by Crippen LogP contribution is -2.65. The average Bonchev–Trinajstić information content (AvgIpc) is 3.42. The molecule has 3 heterocycles. The maximum absolute atomic E-state index is 13.0. The van der Waals surface area contributed by atoms with Crippen LogP contribution in [0, 0.1) is 5.41 Å². The summed E-state index contributed by atoms with van der Waals surface area (Å²) in [6.45, 7) is 1.92. The van der Waals surface area contributed by atoms with Crippen LogP contribution in [0.5, 0.6) is 0 Å². The fraction of sp³-hybridized carbons (Fsp3) is 0.350. The second-order valence-corrected chi connectivity index (χ2v) is 7.26. The highest BCUT2D eigenvalue weighted by Gasteiger charge is 2.51. The molecular formula is C20H22N6O3. The SMILES string of the molecule is O=C(c1ccon1)N1CC(Cc2ccccc2)(C(=O)NCCCn2ccnn2)C1. The van der Waals surface area contributed by atoms with E-state index in [1.165, 1.54) is 12.3 Å². The van der Waals surface area contributed by atoms with Crippen LogP contribution in [0.4, 0.5) is 0 Å². The van der Waals surface area contributed by atoms with Gasteiger partial charge in [0.15, 0.2) is 5.69 Å². The Morgan fingerprint density at radius 3 is 2.69 bits per heavy atom. The standard InChI is InChI=1S/C20H22N6O3/c27-18(17-7-12-29-23-17)25-14-20(15-25,13-16-5-2-1-3-6-16)19(28)21-8-4-10-26-11-9-22-24-26/h1-3,5-7,9,11-12H,4,8,10,13-15H2,(H,21,28). The Balaban J connectivity index is 1.38. The third-order valence-electron chi connectivity index (χ3n) is 5.12. The number of rotatable bonds is 8. The van der Waals surface area contributed by atoms with Crippen LogP contribution >= 0.6 is 0 Å². The monoisotopic (exact) mass is 394 g/mol. The normalized spacial score (nSPS) is 15.0. The maximum atomic E-state index is 13.0. The maximum Gasteiger partial charge on any atom is 0.276 e. The number of hydrogen-bond donors (Lipinski definition) is 1. The number of amides is 2. The van der Waals surface area contributed by atoms with Gasteiger partial charge in [0.1, 0.15) is 6.26 Å². The molecule has 150 valence electrons. The topological polar surface area (TPSA) is 106 Å². The summed E-state index contributed by atoms with van der Waals surface area (Å²) >= 11 is 0. The van der Waals surface area contributed by atoms with Crippen LogP contribution in [0.1, 0.15) is 22.5 Å². The summed E-state index contributed by atoms with van der Waals surface area (Å²) in [5.41, 5.74) is 0.680. The van der Waals surface area contributed by atoms with Gasteiger partial charge in [-0.15, -0.1) is 5.10 Å². The smallest absolute Gasteiger partial charge is 0.276 e. The predicted octanol–water partition coefficient (Wildman–Crippen LogP) is 1.16. The fourth-order valence-electron chi connectivity index (χ4n) is 3.62. The van der Waals surface area contributed by atoms with Gasteiger partial charge < -0.3 is 14.7 Å². The number of nitrogens with one attached hydrogen (secondary N) is 1. The van der Waals surface area contributed by atoms with E-state index in [1.54, 1.807) is 22.0 Å². The van der Waals surface area contributed by atoms with Crippen LogP contribution < -0.4 is 5.32 Å². The lowest BCUT2D eigenvalue weighted by Gasteiger charge is -2.48. The summed E-state index contributed by atoms with van der Waals surface area (Å²) in [6, 6.07) is 11.4. The van der Waals surface area contributed by atoms with E-state index < -0.39 is 5.41 Å². The van der Waals surface area contributed by atoms with Gasteiger partial charge in [0, 0.05) is 38.4 Å². The lowest BCUT2D eigenvalue weighted by molar-refractivity contribution is -0.139. The molecule has 1 fully saturated rings. The molecule has 0 atom stereocenters. The van der Waals surface area contributed by atoms with Crippen LogP contribution in [0.2, 0.25) is 0 Å². The van der Waals surface area contributed by atoms with E-state index in [-0.39, 0.29) is 17.5 Å². The van der Waals surface area contributed by atoms with Crippen molar-refractivity contribution in [3.8, 4) is 0 Å². The van der Waals surface area contributed by atoms with Crippen LogP contribution in [0.3, 0.4) is 0 Å². The van der Waals surface area contributed by atoms with Gasteiger partial charge in [0.05, 0.1) is 11.6 Å². The van der Waals surface area contributed by atoms with Crippen molar-refractivity contribution in [2.24, 2.45) is 5.41 Å². The first kappa shape index (κ1) is 18.9. The number of benzene rings is 1. The van der Waals surface area contributed by atoms with E-state index in [2.05, 4.69) is 20.8 Å².